The molecule has 1 amide bonds. The lowest BCUT2D eigenvalue weighted by Crippen LogP contribution is -2.34. The number of halogens is 1. The number of amides is 1. The van der Waals surface area contributed by atoms with Crippen LogP contribution in [0.1, 0.15) is 17.3 Å². The minimum absolute atomic E-state index is 0.0494. The van der Waals surface area contributed by atoms with E-state index in [4.69, 9.17) is 16.3 Å². The molecule has 0 aliphatic heterocycles. The van der Waals surface area contributed by atoms with Crippen molar-refractivity contribution < 1.29 is 19.2 Å². The molecule has 0 bridgehead atoms. The van der Waals surface area contributed by atoms with E-state index in [1.165, 1.54) is 17.0 Å². The van der Waals surface area contributed by atoms with Gasteiger partial charge >= 0.3 is 5.97 Å². The fraction of sp³-hybridized carbons (Fsp3) is 0.176. The molecule has 7 nitrogen and oxygen atoms in total. The predicted molar refractivity (Wildman–Crippen MR) is 92.9 cm³/mol. The smallest absolute Gasteiger partial charge is 0.338 e. The van der Waals surface area contributed by atoms with Crippen molar-refractivity contribution in [3.8, 4) is 0 Å². The summed E-state index contributed by atoms with van der Waals surface area (Å²) in [6.45, 7) is 1.74. The van der Waals surface area contributed by atoms with Crippen molar-refractivity contribution in [2.24, 2.45) is 0 Å². The Morgan fingerprint density at radius 2 is 1.88 bits per heavy atom. The minimum atomic E-state index is -0.836. The zero-order valence-electron chi connectivity index (χ0n) is 13.3. The van der Waals surface area contributed by atoms with Gasteiger partial charge in [-0.1, -0.05) is 29.8 Å². The fourth-order valence-electron chi connectivity index (χ4n) is 2.18. The first-order valence-corrected chi connectivity index (χ1v) is 7.78. The number of esters is 1. The second kappa shape index (κ2) is 8.25. The summed E-state index contributed by atoms with van der Waals surface area (Å²) in [6.07, 6.45) is 0. The highest BCUT2D eigenvalue weighted by atomic mass is 35.5. The van der Waals surface area contributed by atoms with E-state index in [-0.39, 0.29) is 10.6 Å². The SMILES string of the molecule is CCN(C(=O)COC(=O)c1ccc(Cl)c([N+](=O)[O-])c1)c1ccccc1. The van der Waals surface area contributed by atoms with Crippen LogP contribution in [-0.2, 0) is 9.53 Å². The van der Waals surface area contributed by atoms with Gasteiger partial charge < -0.3 is 9.64 Å². The number of nitrogens with zero attached hydrogens (tertiary/aromatic N) is 2. The van der Waals surface area contributed by atoms with Gasteiger partial charge in [0.15, 0.2) is 6.61 Å². The molecule has 0 fully saturated rings. The first-order chi connectivity index (χ1) is 11.9. The lowest BCUT2D eigenvalue weighted by Gasteiger charge is -2.20. The van der Waals surface area contributed by atoms with Crippen LogP contribution in [0.2, 0.25) is 5.02 Å². The van der Waals surface area contributed by atoms with Gasteiger partial charge in [-0.15, -0.1) is 0 Å². The summed E-state index contributed by atoms with van der Waals surface area (Å²) in [5, 5.41) is 10.8. The Morgan fingerprint density at radius 3 is 2.48 bits per heavy atom. The van der Waals surface area contributed by atoms with Gasteiger partial charge in [-0.05, 0) is 31.2 Å². The van der Waals surface area contributed by atoms with Gasteiger partial charge in [0.2, 0.25) is 0 Å². The molecule has 2 rings (SSSR count). The highest BCUT2D eigenvalue weighted by Crippen LogP contribution is 2.25. The number of benzene rings is 2. The van der Waals surface area contributed by atoms with Crippen LogP contribution in [0.4, 0.5) is 11.4 Å². The second-order valence-electron chi connectivity index (χ2n) is 4.97. The van der Waals surface area contributed by atoms with Crippen molar-refractivity contribution in [2.45, 2.75) is 6.92 Å². The number of anilines is 1. The molecule has 0 spiro atoms. The van der Waals surface area contributed by atoms with Gasteiger partial charge in [0.05, 0.1) is 10.5 Å². The van der Waals surface area contributed by atoms with Gasteiger partial charge in [0, 0.05) is 18.3 Å². The minimum Gasteiger partial charge on any atom is -0.452 e. The van der Waals surface area contributed by atoms with Crippen LogP contribution < -0.4 is 4.90 Å². The Kier molecular flexibility index (Phi) is 6.08. The Morgan fingerprint density at radius 1 is 1.20 bits per heavy atom. The molecule has 25 heavy (non-hydrogen) atoms. The number of carbonyl (C=O) groups excluding carboxylic acids is 2. The number of nitro benzene ring substituents is 1. The molecule has 0 saturated carbocycles. The lowest BCUT2D eigenvalue weighted by atomic mass is 10.2. The maximum absolute atomic E-state index is 12.3. The van der Waals surface area contributed by atoms with Gasteiger partial charge in [-0.2, -0.15) is 0 Å². The molecule has 0 aliphatic rings. The Balaban J connectivity index is 2.05. The molecule has 0 radical (unpaired) electrons. The van der Waals surface area contributed by atoms with Crippen molar-refractivity contribution in [3.63, 3.8) is 0 Å². The molecule has 0 aromatic heterocycles. The van der Waals surface area contributed by atoms with Crippen LogP contribution >= 0.6 is 11.6 Å². The van der Waals surface area contributed by atoms with Crippen molar-refractivity contribution in [2.75, 3.05) is 18.1 Å². The molecular weight excluding hydrogens is 348 g/mol. The molecule has 0 N–H and O–H groups in total. The number of hydrogen-bond donors (Lipinski definition) is 0. The average Bonchev–Trinajstić information content (AvgIpc) is 2.61. The lowest BCUT2D eigenvalue weighted by molar-refractivity contribution is -0.384. The summed E-state index contributed by atoms with van der Waals surface area (Å²) in [6, 6.07) is 12.5. The summed E-state index contributed by atoms with van der Waals surface area (Å²) >= 11 is 5.70. The topological polar surface area (TPSA) is 89.8 Å². The first-order valence-electron chi connectivity index (χ1n) is 7.40. The summed E-state index contributed by atoms with van der Waals surface area (Å²) in [5.74, 6) is -1.23. The number of ether oxygens (including phenoxy) is 1. The molecule has 0 aliphatic carbocycles. The third-order valence-electron chi connectivity index (χ3n) is 3.39. The Bertz CT molecular complexity index is 795. The third-order valence-corrected chi connectivity index (χ3v) is 3.71. The zero-order chi connectivity index (χ0) is 18.4. The summed E-state index contributed by atoms with van der Waals surface area (Å²) in [4.78, 5) is 35.9. The third kappa shape index (κ3) is 4.54. The first kappa shape index (κ1) is 18.4. The van der Waals surface area contributed by atoms with Crippen LogP contribution in [0, 0.1) is 10.1 Å². The van der Waals surface area contributed by atoms with E-state index < -0.39 is 29.1 Å². The molecule has 0 saturated heterocycles. The molecule has 0 heterocycles. The number of likely N-dealkylation sites (N-methyl/N-ethyl adjacent to an activating group) is 1. The molecule has 130 valence electrons. The van der Waals surface area contributed by atoms with Crippen LogP contribution in [0.25, 0.3) is 0 Å². The van der Waals surface area contributed by atoms with Crippen LogP contribution in [0.5, 0.6) is 0 Å². The molecule has 2 aromatic carbocycles. The standard InChI is InChI=1S/C17H15ClN2O5/c1-2-19(13-6-4-3-5-7-13)16(21)11-25-17(22)12-8-9-14(18)15(10-12)20(23)24/h3-10H,2,11H2,1H3. The molecule has 0 atom stereocenters. The quantitative estimate of drug-likeness (QED) is 0.446. The van der Waals surface area contributed by atoms with Crippen molar-refractivity contribution in [1.82, 2.24) is 0 Å². The fourth-order valence-corrected chi connectivity index (χ4v) is 2.37. The summed E-state index contributed by atoms with van der Waals surface area (Å²) in [5.41, 5.74) is 0.238. The van der Waals surface area contributed by atoms with E-state index in [0.29, 0.717) is 12.2 Å². The highest BCUT2D eigenvalue weighted by molar-refractivity contribution is 6.32. The number of carbonyl (C=O) groups is 2. The number of hydrogen-bond acceptors (Lipinski definition) is 5. The number of nitro groups is 1. The van der Waals surface area contributed by atoms with E-state index in [2.05, 4.69) is 0 Å². The maximum atomic E-state index is 12.3. The second-order valence-corrected chi connectivity index (χ2v) is 5.38. The predicted octanol–water partition coefficient (Wildman–Crippen LogP) is 3.46. The van der Waals surface area contributed by atoms with Crippen LogP contribution in [-0.4, -0.2) is 30.0 Å². The molecular formula is C17H15ClN2O5. The molecule has 2 aromatic rings. The van der Waals surface area contributed by atoms with Gasteiger partial charge in [0.25, 0.3) is 11.6 Å². The van der Waals surface area contributed by atoms with E-state index >= 15 is 0 Å². The Hall–Kier alpha value is -2.93. The van der Waals surface area contributed by atoms with Crippen molar-refractivity contribution >= 4 is 34.9 Å². The zero-order valence-corrected chi connectivity index (χ0v) is 14.1. The maximum Gasteiger partial charge on any atom is 0.338 e. The Labute approximate surface area is 148 Å². The number of para-hydroxylation sites is 1. The van der Waals surface area contributed by atoms with E-state index in [9.17, 15) is 19.7 Å². The van der Waals surface area contributed by atoms with Gasteiger partial charge in [-0.3, -0.25) is 14.9 Å². The van der Waals surface area contributed by atoms with Crippen LogP contribution in [0.15, 0.2) is 48.5 Å². The monoisotopic (exact) mass is 362 g/mol. The van der Waals surface area contributed by atoms with Gasteiger partial charge in [-0.25, -0.2) is 4.79 Å². The molecule has 8 heteroatoms. The largest absolute Gasteiger partial charge is 0.452 e. The average molecular weight is 363 g/mol. The molecule has 0 unspecified atom stereocenters. The van der Waals surface area contributed by atoms with Crippen molar-refractivity contribution in [3.05, 3.63) is 69.2 Å². The van der Waals surface area contributed by atoms with E-state index in [0.717, 1.165) is 6.07 Å². The summed E-state index contributed by atoms with van der Waals surface area (Å²) in [7, 11) is 0. The van der Waals surface area contributed by atoms with E-state index in [1.807, 2.05) is 6.07 Å². The van der Waals surface area contributed by atoms with Gasteiger partial charge in [0.1, 0.15) is 5.02 Å². The number of rotatable bonds is 6. The van der Waals surface area contributed by atoms with E-state index in [1.54, 1.807) is 31.2 Å². The summed E-state index contributed by atoms with van der Waals surface area (Å²) < 4.78 is 4.97. The highest BCUT2D eigenvalue weighted by Gasteiger charge is 2.20. The normalized spacial score (nSPS) is 10.2. The van der Waals surface area contributed by atoms with Crippen LogP contribution in [0.3, 0.4) is 0 Å². The van der Waals surface area contributed by atoms with Crippen molar-refractivity contribution in [1.29, 1.82) is 0 Å².